The number of fused-ring (bicyclic) bond motifs is 1. The molecule has 1 aliphatic heterocycles. The van der Waals surface area contributed by atoms with Crippen molar-refractivity contribution in [1.82, 2.24) is 10.3 Å². The molecular formula is C15H17BrN2S. The monoisotopic (exact) mass is 336 g/mol. The zero-order chi connectivity index (χ0) is 13.1. The fraction of sp³-hybridized carbons (Fsp3) is 0.400. The van der Waals surface area contributed by atoms with Crippen molar-refractivity contribution in [2.45, 2.75) is 25.4 Å². The molecule has 0 bridgehead atoms. The van der Waals surface area contributed by atoms with Crippen LogP contribution in [0, 0.1) is 0 Å². The van der Waals surface area contributed by atoms with Gasteiger partial charge in [0.2, 0.25) is 0 Å². The Balaban J connectivity index is 1.79. The second kappa shape index (κ2) is 6.25. The first kappa shape index (κ1) is 13.4. The summed E-state index contributed by atoms with van der Waals surface area (Å²) in [5, 5.41) is 4.88. The fourth-order valence-corrected chi connectivity index (χ4v) is 4.05. The van der Waals surface area contributed by atoms with Crippen LogP contribution in [0.1, 0.15) is 18.4 Å². The number of nitrogens with zero attached hydrogens (tertiary/aromatic N) is 1. The molecule has 1 aromatic heterocycles. The summed E-state index contributed by atoms with van der Waals surface area (Å²) < 4.78 is 1.12. The van der Waals surface area contributed by atoms with Crippen LogP contribution in [-0.2, 0) is 6.54 Å². The number of rotatable bonds is 3. The fourth-order valence-electron chi connectivity index (χ4n) is 2.50. The van der Waals surface area contributed by atoms with Gasteiger partial charge >= 0.3 is 0 Å². The van der Waals surface area contributed by atoms with Crippen LogP contribution in [0.4, 0.5) is 0 Å². The normalized spacial score (nSPS) is 16.9. The Morgan fingerprint density at radius 3 is 2.95 bits per heavy atom. The van der Waals surface area contributed by atoms with Crippen molar-refractivity contribution in [3.63, 3.8) is 0 Å². The summed E-state index contributed by atoms with van der Waals surface area (Å²) in [6.45, 7) is 0.913. The van der Waals surface area contributed by atoms with Crippen molar-refractivity contribution in [3.05, 3.63) is 40.5 Å². The number of benzene rings is 1. The summed E-state index contributed by atoms with van der Waals surface area (Å²) in [4.78, 5) is 4.53. The molecule has 0 radical (unpaired) electrons. The molecule has 1 saturated heterocycles. The van der Waals surface area contributed by atoms with E-state index in [1.165, 1.54) is 35.3 Å². The highest BCUT2D eigenvalue weighted by atomic mass is 79.9. The lowest BCUT2D eigenvalue weighted by Crippen LogP contribution is -2.32. The minimum atomic E-state index is 0.670. The minimum Gasteiger partial charge on any atom is -0.310 e. The predicted molar refractivity (Wildman–Crippen MR) is 86.6 cm³/mol. The maximum atomic E-state index is 4.53. The Morgan fingerprint density at radius 2 is 2.11 bits per heavy atom. The number of thioether (sulfide) groups is 1. The maximum absolute atomic E-state index is 4.53. The van der Waals surface area contributed by atoms with Crippen LogP contribution in [-0.4, -0.2) is 22.5 Å². The summed E-state index contributed by atoms with van der Waals surface area (Å²) in [7, 11) is 0. The van der Waals surface area contributed by atoms with Gasteiger partial charge in [-0.15, -0.1) is 0 Å². The van der Waals surface area contributed by atoms with E-state index in [1.807, 2.05) is 12.3 Å². The average molecular weight is 337 g/mol. The van der Waals surface area contributed by atoms with Crippen molar-refractivity contribution in [2.24, 2.45) is 0 Å². The van der Waals surface area contributed by atoms with E-state index in [0.717, 1.165) is 16.5 Å². The van der Waals surface area contributed by atoms with Crippen molar-refractivity contribution in [3.8, 4) is 0 Å². The predicted octanol–water partition coefficient (Wildman–Crippen LogP) is 3.98. The topological polar surface area (TPSA) is 24.9 Å². The molecule has 1 N–H and O–H groups in total. The minimum absolute atomic E-state index is 0.670. The van der Waals surface area contributed by atoms with Crippen LogP contribution >= 0.6 is 27.7 Å². The third kappa shape index (κ3) is 3.12. The van der Waals surface area contributed by atoms with Gasteiger partial charge in [0.25, 0.3) is 0 Å². The molecule has 0 amide bonds. The average Bonchev–Trinajstić information content (AvgIpc) is 2.48. The van der Waals surface area contributed by atoms with Crippen LogP contribution in [0.2, 0.25) is 0 Å². The van der Waals surface area contributed by atoms with Gasteiger partial charge in [-0.3, -0.25) is 4.98 Å². The number of hydrogen-bond acceptors (Lipinski definition) is 3. The van der Waals surface area contributed by atoms with Crippen LogP contribution in [0.15, 0.2) is 34.9 Å². The quantitative estimate of drug-likeness (QED) is 0.917. The first-order valence-electron chi connectivity index (χ1n) is 6.68. The summed E-state index contributed by atoms with van der Waals surface area (Å²) in [6, 6.07) is 9.07. The van der Waals surface area contributed by atoms with E-state index in [2.05, 4.69) is 56.2 Å². The molecule has 19 heavy (non-hydrogen) atoms. The largest absolute Gasteiger partial charge is 0.310 e. The van der Waals surface area contributed by atoms with E-state index < -0.39 is 0 Å². The maximum Gasteiger partial charge on any atom is 0.0758 e. The first-order chi connectivity index (χ1) is 9.34. The molecule has 2 heterocycles. The zero-order valence-electron chi connectivity index (χ0n) is 10.7. The summed E-state index contributed by atoms with van der Waals surface area (Å²) in [5.41, 5.74) is 2.39. The van der Waals surface area contributed by atoms with E-state index in [1.54, 1.807) is 0 Å². The number of aromatic nitrogens is 1. The van der Waals surface area contributed by atoms with Crippen LogP contribution in [0.5, 0.6) is 0 Å². The highest BCUT2D eigenvalue weighted by molar-refractivity contribution is 9.10. The van der Waals surface area contributed by atoms with Crippen LogP contribution in [0.3, 0.4) is 0 Å². The second-order valence-electron chi connectivity index (χ2n) is 4.87. The number of halogens is 1. The summed E-state index contributed by atoms with van der Waals surface area (Å²) in [5.74, 6) is 2.58. The third-order valence-electron chi connectivity index (χ3n) is 3.60. The van der Waals surface area contributed by atoms with Gasteiger partial charge in [-0.2, -0.15) is 11.8 Å². The Bertz CT molecular complexity index is 567. The van der Waals surface area contributed by atoms with Gasteiger partial charge in [0.05, 0.1) is 5.52 Å². The van der Waals surface area contributed by atoms with E-state index in [0.29, 0.717) is 6.04 Å². The molecule has 1 aliphatic rings. The Labute approximate surface area is 126 Å². The van der Waals surface area contributed by atoms with Gasteiger partial charge in [0, 0.05) is 28.6 Å². The molecule has 0 aliphatic carbocycles. The van der Waals surface area contributed by atoms with E-state index in [-0.39, 0.29) is 0 Å². The van der Waals surface area contributed by atoms with Gasteiger partial charge in [-0.05, 0) is 42.0 Å². The molecule has 4 heteroatoms. The smallest absolute Gasteiger partial charge is 0.0758 e. The van der Waals surface area contributed by atoms with Gasteiger partial charge in [0.1, 0.15) is 0 Å². The molecule has 0 unspecified atom stereocenters. The standard InChI is InChI=1S/C15H17BrN2S/c16-14-4-3-11(15-13(14)2-1-7-17-15)10-18-12-5-8-19-9-6-12/h1-4,7,12,18H,5-6,8-10H2. The summed E-state index contributed by atoms with van der Waals surface area (Å²) >= 11 is 5.66. The molecular weight excluding hydrogens is 320 g/mol. The lowest BCUT2D eigenvalue weighted by Gasteiger charge is -2.22. The van der Waals surface area contributed by atoms with Crippen molar-refractivity contribution in [2.75, 3.05) is 11.5 Å². The van der Waals surface area contributed by atoms with Gasteiger partial charge in [0.15, 0.2) is 0 Å². The lowest BCUT2D eigenvalue weighted by molar-refractivity contribution is 0.483. The summed E-state index contributed by atoms with van der Waals surface area (Å²) in [6.07, 6.45) is 4.44. The van der Waals surface area contributed by atoms with Crippen LogP contribution in [0.25, 0.3) is 10.9 Å². The second-order valence-corrected chi connectivity index (χ2v) is 6.95. The lowest BCUT2D eigenvalue weighted by atomic mass is 10.1. The van der Waals surface area contributed by atoms with E-state index >= 15 is 0 Å². The van der Waals surface area contributed by atoms with Crippen molar-refractivity contribution < 1.29 is 0 Å². The third-order valence-corrected chi connectivity index (χ3v) is 5.34. The van der Waals surface area contributed by atoms with Crippen molar-refractivity contribution >= 4 is 38.6 Å². The highest BCUT2D eigenvalue weighted by Crippen LogP contribution is 2.25. The van der Waals surface area contributed by atoms with E-state index in [9.17, 15) is 0 Å². The molecule has 2 aromatic rings. The Hall–Kier alpha value is -0.580. The first-order valence-corrected chi connectivity index (χ1v) is 8.62. The number of nitrogens with one attached hydrogen (secondary N) is 1. The van der Waals surface area contributed by atoms with Gasteiger partial charge in [-0.25, -0.2) is 0 Å². The number of pyridine rings is 1. The molecule has 0 spiro atoms. The Kier molecular flexibility index (Phi) is 4.41. The molecule has 1 fully saturated rings. The highest BCUT2D eigenvalue weighted by Gasteiger charge is 2.13. The van der Waals surface area contributed by atoms with E-state index in [4.69, 9.17) is 0 Å². The van der Waals surface area contributed by atoms with Crippen molar-refractivity contribution in [1.29, 1.82) is 0 Å². The molecule has 100 valence electrons. The molecule has 1 aromatic carbocycles. The van der Waals surface area contributed by atoms with Gasteiger partial charge in [-0.1, -0.05) is 28.1 Å². The molecule has 0 atom stereocenters. The van der Waals surface area contributed by atoms with Crippen LogP contribution < -0.4 is 5.32 Å². The molecule has 2 nitrogen and oxygen atoms in total. The zero-order valence-corrected chi connectivity index (χ0v) is 13.1. The number of hydrogen-bond donors (Lipinski definition) is 1. The Morgan fingerprint density at radius 1 is 1.26 bits per heavy atom. The molecule has 0 saturated carbocycles. The SMILES string of the molecule is Brc1ccc(CNC2CCSCC2)c2ncccc12. The molecule has 3 rings (SSSR count). The van der Waals surface area contributed by atoms with Gasteiger partial charge < -0.3 is 5.32 Å².